The third-order valence-corrected chi connectivity index (χ3v) is 8.47. The van der Waals surface area contributed by atoms with Gasteiger partial charge in [-0.2, -0.15) is 0 Å². The first-order valence-electron chi connectivity index (χ1n) is 7.11. The Balaban J connectivity index is 2.05. The molecule has 92 valence electrons. The molecule has 1 heteroatoms. The molecule has 0 N–H and O–H groups in total. The van der Waals surface area contributed by atoms with E-state index in [4.69, 9.17) is 0 Å². The van der Waals surface area contributed by atoms with E-state index in [0.29, 0.717) is 5.04 Å². The largest absolute Gasteiger partial charge is 0.0851 e. The van der Waals surface area contributed by atoms with Crippen molar-refractivity contribution in [3.05, 3.63) is 12.2 Å². The second kappa shape index (κ2) is 4.32. The van der Waals surface area contributed by atoms with Crippen LogP contribution in [0.15, 0.2) is 12.2 Å². The monoisotopic (exact) mass is 236 g/mol. The molecule has 2 aliphatic carbocycles. The van der Waals surface area contributed by atoms with E-state index >= 15 is 0 Å². The van der Waals surface area contributed by atoms with Gasteiger partial charge < -0.3 is 0 Å². The Morgan fingerprint density at radius 3 is 2.12 bits per heavy atom. The second-order valence-corrected chi connectivity index (χ2v) is 8.92. The molecule has 2 rings (SSSR count). The molecule has 0 aromatic carbocycles. The maximum absolute atomic E-state index is 2.52. The van der Waals surface area contributed by atoms with Crippen LogP contribution in [0.3, 0.4) is 0 Å². The summed E-state index contributed by atoms with van der Waals surface area (Å²) in [6.07, 6.45) is 9.45. The van der Waals surface area contributed by atoms with E-state index in [1.165, 1.54) is 29.5 Å². The fourth-order valence-corrected chi connectivity index (χ4v) is 4.36. The standard InChI is InChI=1S/C15H28Si/c1-10(2)15(16,11(3)4)9-14-8-12-5-6-13(14)7-12/h5-6,10-14H,7-9H2,1-4,16H3. The van der Waals surface area contributed by atoms with Crippen LogP contribution in [-0.4, -0.2) is 10.2 Å². The molecule has 2 aliphatic rings. The zero-order valence-corrected chi connectivity index (χ0v) is 13.7. The Hall–Kier alpha value is -0.0431. The van der Waals surface area contributed by atoms with Crippen LogP contribution < -0.4 is 0 Å². The first kappa shape index (κ1) is 12.4. The van der Waals surface area contributed by atoms with Crippen LogP contribution in [0.25, 0.3) is 0 Å². The summed E-state index contributed by atoms with van der Waals surface area (Å²) in [5.41, 5.74) is 0. The van der Waals surface area contributed by atoms with Gasteiger partial charge >= 0.3 is 0 Å². The molecule has 0 aliphatic heterocycles. The highest BCUT2D eigenvalue weighted by atomic mass is 28.1. The van der Waals surface area contributed by atoms with Gasteiger partial charge in [-0.3, -0.25) is 0 Å². The zero-order valence-electron chi connectivity index (χ0n) is 11.7. The highest BCUT2D eigenvalue weighted by Crippen LogP contribution is 2.53. The molecule has 0 radical (unpaired) electrons. The van der Waals surface area contributed by atoms with Gasteiger partial charge in [-0.15, -0.1) is 0 Å². The highest BCUT2D eigenvalue weighted by Gasteiger charge is 2.41. The minimum atomic E-state index is 0.670. The third-order valence-electron chi connectivity index (χ3n) is 5.76. The van der Waals surface area contributed by atoms with Crippen LogP contribution in [-0.2, 0) is 0 Å². The predicted octanol–water partition coefficient (Wildman–Crippen LogP) is 3.42. The van der Waals surface area contributed by atoms with Crippen LogP contribution in [0.2, 0.25) is 5.04 Å². The maximum atomic E-state index is 2.52. The predicted molar refractivity (Wildman–Crippen MR) is 75.8 cm³/mol. The minimum Gasteiger partial charge on any atom is -0.0851 e. The lowest BCUT2D eigenvalue weighted by atomic mass is 9.74. The molecule has 16 heavy (non-hydrogen) atoms. The van der Waals surface area contributed by atoms with E-state index in [2.05, 4.69) is 39.8 Å². The summed E-state index contributed by atoms with van der Waals surface area (Å²) < 4.78 is 0. The van der Waals surface area contributed by atoms with Crippen molar-refractivity contribution in [2.24, 2.45) is 29.6 Å². The Bertz CT molecular complexity index is 269. The average Bonchev–Trinajstić information content (AvgIpc) is 2.78. The highest BCUT2D eigenvalue weighted by molar-refractivity contribution is 6.15. The van der Waals surface area contributed by atoms with Gasteiger partial charge in [0, 0.05) is 10.2 Å². The van der Waals surface area contributed by atoms with E-state index in [-0.39, 0.29) is 0 Å². The summed E-state index contributed by atoms with van der Waals surface area (Å²) in [4.78, 5) is 0. The minimum absolute atomic E-state index is 0.670. The SMILES string of the molecule is CC(C)C([SiH3])(CC1CC2C=CC1C2)C(C)C. The third kappa shape index (κ3) is 2.03. The fraction of sp³-hybridized carbons (Fsp3) is 0.867. The Morgan fingerprint density at radius 2 is 1.75 bits per heavy atom. The van der Waals surface area contributed by atoms with Crippen LogP contribution >= 0.6 is 0 Å². The summed E-state index contributed by atoms with van der Waals surface area (Å²) >= 11 is 0. The molecule has 0 heterocycles. The molecule has 2 bridgehead atoms. The molecule has 0 aromatic heterocycles. The Morgan fingerprint density at radius 1 is 1.12 bits per heavy atom. The molecule has 3 atom stereocenters. The average molecular weight is 236 g/mol. The van der Waals surface area contributed by atoms with E-state index in [1.54, 1.807) is 0 Å². The number of rotatable bonds is 4. The van der Waals surface area contributed by atoms with Crippen molar-refractivity contribution >= 4 is 10.2 Å². The van der Waals surface area contributed by atoms with Crippen LogP contribution in [0.1, 0.15) is 47.0 Å². The molecule has 0 amide bonds. The molecule has 0 nitrogen and oxygen atoms in total. The van der Waals surface area contributed by atoms with E-state index in [0.717, 1.165) is 29.6 Å². The molecule has 1 saturated carbocycles. The number of fused-ring (bicyclic) bond motifs is 2. The Labute approximate surface area is 104 Å². The molecular formula is C15H28Si. The molecule has 0 aromatic rings. The fourth-order valence-electron chi connectivity index (χ4n) is 3.83. The van der Waals surface area contributed by atoms with Gasteiger partial charge in [0.05, 0.1) is 0 Å². The molecule has 0 saturated heterocycles. The van der Waals surface area contributed by atoms with Crippen molar-refractivity contribution in [2.45, 2.75) is 52.0 Å². The zero-order chi connectivity index (χ0) is 11.9. The van der Waals surface area contributed by atoms with Crippen LogP contribution in [0.4, 0.5) is 0 Å². The van der Waals surface area contributed by atoms with E-state index in [9.17, 15) is 0 Å². The first-order valence-corrected chi connectivity index (χ1v) is 8.11. The molecular weight excluding hydrogens is 208 g/mol. The smallest absolute Gasteiger partial charge is 0.0113 e. The summed E-state index contributed by atoms with van der Waals surface area (Å²) in [5.74, 6) is 4.62. The Kier molecular flexibility index (Phi) is 3.36. The second-order valence-electron chi connectivity index (χ2n) is 7.06. The summed E-state index contributed by atoms with van der Waals surface area (Å²) in [5, 5.41) is 0.670. The van der Waals surface area contributed by atoms with Gasteiger partial charge in [-0.05, 0) is 53.9 Å². The number of hydrogen-bond donors (Lipinski definition) is 0. The molecule has 3 unspecified atom stereocenters. The van der Waals surface area contributed by atoms with Gasteiger partial charge in [0.2, 0.25) is 0 Å². The van der Waals surface area contributed by atoms with Gasteiger partial charge in [-0.1, -0.05) is 39.8 Å². The van der Waals surface area contributed by atoms with Gasteiger partial charge in [-0.25, -0.2) is 0 Å². The lowest BCUT2D eigenvalue weighted by molar-refractivity contribution is 0.232. The van der Waals surface area contributed by atoms with Crippen molar-refractivity contribution in [1.29, 1.82) is 0 Å². The van der Waals surface area contributed by atoms with Crippen molar-refractivity contribution in [2.75, 3.05) is 0 Å². The lowest BCUT2D eigenvalue weighted by Crippen LogP contribution is -2.30. The van der Waals surface area contributed by atoms with Crippen molar-refractivity contribution in [3.8, 4) is 0 Å². The van der Waals surface area contributed by atoms with Gasteiger partial charge in [0.1, 0.15) is 0 Å². The first-order chi connectivity index (χ1) is 7.43. The normalized spacial score (nSPS) is 33.5. The van der Waals surface area contributed by atoms with Crippen LogP contribution in [0, 0.1) is 29.6 Å². The van der Waals surface area contributed by atoms with E-state index in [1.807, 2.05) is 0 Å². The topological polar surface area (TPSA) is 0 Å². The maximum Gasteiger partial charge on any atom is 0.0113 e. The lowest BCUT2D eigenvalue weighted by Gasteiger charge is -2.41. The summed E-state index contributed by atoms with van der Waals surface area (Å²) in [6, 6.07) is 0. The van der Waals surface area contributed by atoms with Crippen LogP contribution in [0.5, 0.6) is 0 Å². The molecule has 0 spiro atoms. The molecule has 1 fully saturated rings. The quantitative estimate of drug-likeness (QED) is 0.518. The number of hydrogen-bond acceptors (Lipinski definition) is 0. The summed E-state index contributed by atoms with van der Waals surface area (Å²) in [6.45, 7) is 9.76. The van der Waals surface area contributed by atoms with Crippen molar-refractivity contribution in [1.82, 2.24) is 0 Å². The summed E-state index contributed by atoms with van der Waals surface area (Å²) in [7, 11) is 1.36. The van der Waals surface area contributed by atoms with Crippen molar-refractivity contribution in [3.63, 3.8) is 0 Å². The van der Waals surface area contributed by atoms with Gasteiger partial charge in [0.15, 0.2) is 0 Å². The number of allylic oxidation sites excluding steroid dienone is 2. The van der Waals surface area contributed by atoms with Gasteiger partial charge in [0.25, 0.3) is 0 Å². The van der Waals surface area contributed by atoms with Crippen molar-refractivity contribution < 1.29 is 0 Å². The van der Waals surface area contributed by atoms with E-state index < -0.39 is 0 Å².